The second kappa shape index (κ2) is 5.32. The Hall–Kier alpha value is -0.610. The molecule has 1 heterocycles. The van der Waals surface area contributed by atoms with E-state index in [0.29, 0.717) is 0 Å². The van der Waals surface area contributed by atoms with Crippen molar-refractivity contribution in [3.63, 3.8) is 0 Å². The van der Waals surface area contributed by atoms with Crippen molar-refractivity contribution >= 4 is 5.91 Å². The Balaban J connectivity index is 2.19. The minimum atomic E-state index is -0.233. The SMILES string of the molecule is CC(O)CCN1CCC(C(N)=O)CC1. The summed E-state index contributed by atoms with van der Waals surface area (Å²) in [6.07, 6.45) is 2.31. The average Bonchev–Trinajstić information content (AvgIpc) is 2.15. The second-order valence-electron chi connectivity index (χ2n) is 4.16. The van der Waals surface area contributed by atoms with Gasteiger partial charge in [0.25, 0.3) is 0 Å². The van der Waals surface area contributed by atoms with Gasteiger partial charge >= 0.3 is 0 Å². The van der Waals surface area contributed by atoms with E-state index in [4.69, 9.17) is 10.8 Å². The maximum Gasteiger partial charge on any atom is 0.220 e. The minimum Gasteiger partial charge on any atom is -0.393 e. The summed E-state index contributed by atoms with van der Waals surface area (Å²) in [5.74, 6) is -0.0991. The van der Waals surface area contributed by atoms with Gasteiger partial charge in [-0.3, -0.25) is 4.79 Å². The van der Waals surface area contributed by atoms with Gasteiger partial charge in [0.15, 0.2) is 0 Å². The summed E-state index contributed by atoms with van der Waals surface area (Å²) < 4.78 is 0. The molecule has 1 fully saturated rings. The van der Waals surface area contributed by atoms with Crippen LogP contribution >= 0.6 is 0 Å². The summed E-state index contributed by atoms with van der Waals surface area (Å²) in [5.41, 5.74) is 5.24. The summed E-state index contributed by atoms with van der Waals surface area (Å²) >= 11 is 0. The lowest BCUT2D eigenvalue weighted by Gasteiger charge is -2.30. The number of carbonyl (C=O) groups is 1. The van der Waals surface area contributed by atoms with Crippen molar-refractivity contribution in [3.05, 3.63) is 0 Å². The van der Waals surface area contributed by atoms with E-state index in [1.54, 1.807) is 6.92 Å². The van der Waals surface area contributed by atoms with Gasteiger partial charge in [-0.05, 0) is 39.3 Å². The fraction of sp³-hybridized carbons (Fsp3) is 0.900. The van der Waals surface area contributed by atoms with Gasteiger partial charge in [0.2, 0.25) is 5.91 Å². The molecular weight excluding hydrogens is 180 g/mol. The Kier molecular flexibility index (Phi) is 4.35. The first kappa shape index (κ1) is 11.5. The number of aliphatic hydroxyl groups is 1. The van der Waals surface area contributed by atoms with Crippen LogP contribution in [0.25, 0.3) is 0 Å². The van der Waals surface area contributed by atoms with Gasteiger partial charge in [-0.15, -0.1) is 0 Å². The molecule has 0 saturated carbocycles. The lowest BCUT2D eigenvalue weighted by atomic mass is 9.96. The molecule has 14 heavy (non-hydrogen) atoms. The molecule has 82 valence electrons. The maximum atomic E-state index is 10.9. The zero-order valence-electron chi connectivity index (χ0n) is 8.78. The first-order valence-corrected chi connectivity index (χ1v) is 5.29. The molecule has 1 rings (SSSR count). The highest BCUT2D eigenvalue weighted by molar-refractivity contribution is 5.76. The number of likely N-dealkylation sites (tertiary alicyclic amines) is 1. The molecule has 0 aromatic carbocycles. The molecule has 0 aliphatic carbocycles. The Bertz CT molecular complexity index is 187. The Morgan fingerprint density at radius 2 is 2.14 bits per heavy atom. The standard InChI is InChI=1S/C10H20N2O2/c1-8(13)2-5-12-6-3-9(4-7-12)10(11)14/h8-9,13H,2-7H2,1H3,(H2,11,14). The molecule has 0 aromatic rings. The van der Waals surface area contributed by atoms with E-state index in [2.05, 4.69) is 4.90 Å². The topological polar surface area (TPSA) is 66.6 Å². The van der Waals surface area contributed by atoms with Crippen LogP contribution in [0.15, 0.2) is 0 Å². The van der Waals surface area contributed by atoms with E-state index in [-0.39, 0.29) is 17.9 Å². The molecule has 3 N–H and O–H groups in total. The highest BCUT2D eigenvalue weighted by atomic mass is 16.3. The zero-order chi connectivity index (χ0) is 10.6. The molecule has 0 bridgehead atoms. The third-order valence-corrected chi connectivity index (χ3v) is 2.85. The van der Waals surface area contributed by atoms with Crippen LogP contribution in [-0.4, -0.2) is 41.7 Å². The summed E-state index contributed by atoms with van der Waals surface area (Å²) in [4.78, 5) is 13.2. The fourth-order valence-corrected chi connectivity index (χ4v) is 1.81. The van der Waals surface area contributed by atoms with Gasteiger partial charge in [0, 0.05) is 12.5 Å². The van der Waals surface area contributed by atoms with E-state index in [1.165, 1.54) is 0 Å². The van der Waals surface area contributed by atoms with Crippen LogP contribution in [0.4, 0.5) is 0 Å². The first-order valence-electron chi connectivity index (χ1n) is 5.29. The molecule has 1 unspecified atom stereocenters. The number of hydrogen-bond donors (Lipinski definition) is 2. The van der Waals surface area contributed by atoms with Gasteiger partial charge in [-0.25, -0.2) is 0 Å². The number of hydrogen-bond acceptors (Lipinski definition) is 3. The van der Waals surface area contributed by atoms with Crippen LogP contribution in [0.1, 0.15) is 26.2 Å². The van der Waals surface area contributed by atoms with Crippen molar-refractivity contribution in [1.82, 2.24) is 4.90 Å². The molecule has 1 atom stereocenters. The van der Waals surface area contributed by atoms with E-state index >= 15 is 0 Å². The summed E-state index contributed by atoms with van der Waals surface area (Å²) in [7, 11) is 0. The van der Waals surface area contributed by atoms with Crippen molar-refractivity contribution in [2.75, 3.05) is 19.6 Å². The van der Waals surface area contributed by atoms with Crippen molar-refractivity contribution in [1.29, 1.82) is 0 Å². The third kappa shape index (κ3) is 3.64. The van der Waals surface area contributed by atoms with Crippen molar-refractivity contribution in [3.8, 4) is 0 Å². The van der Waals surface area contributed by atoms with Crippen LogP contribution in [0.5, 0.6) is 0 Å². The highest BCUT2D eigenvalue weighted by Gasteiger charge is 2.22. The van der Waals surface area contributed by atoms with E-state index < -0.39 is 0 Å². The van der Waals surface area contributed by atoms with E-state index in [1.807, 2.05) is 0 Å². The predicted octanol–water partition coefficient (Wildman–Crippen LogP) is -0.0454. The van der Waals surface area contributed by atoms with Gasteiger partial charge < -0.3 is 15.7 Å². The summed E-state index contributed by atoms with van der Waals surface area (Å²) in [6.45, 7) is 4.58. The number of rotatable bonds is 4. The van der Waals surface area contributed by atoms with E-state index in [9.17, 15) is 4.79 Å². The van der Waals surface area contributed by atoms with Crippen molar-refractivity contribution in [2.24, 2.45) is 11.7 Å². The van der Waals surface area contributed by atoms with E-state index in [0.717, 1.165) is 38.9 Å². The van der Waals surface area contributed by atoms with Crippen LogP contribution < -0.4 is 5.73 Å². The Labute approximate surface area is 85.1 Å². The lowest BCUT2D eigenvalue weighted by molar-refractivity contribution is -0.123. The zero-order valence-corrected chi connectivity index (χ0v) is 8.78. The Morgan fingerprint density at radius 1 is 1.57 bits per heavy atom. The molecule has 1 aliphatic rings. The second-order valence-corrected chi connectivity index (χ2v) is 4.16. The Morgan fingerprint density at radius 3 is 2.57 bits per heavy atom. The minimum absolute atomic E-state index is 0.0674. The predicted molar refractivity (Wildman–Crippen MR) is 54.7 cm³/mol. The number of nitrogens with two attached hydrogens (primary N) is 1. The molecular formula is C10H20N2O2. The number of piperidine rings is 1. The lowest BCUT2D eigenvalue weighted by Crippen LogP contribution is -2.39. The molecule has 4 heteroatoms. The normalized spacial score (nSPS) is 22.1. The number of aliphatic hydroxyl groups excluding tert-OH is 1. The molecule has 1 saturated heterocycles. The van der Waals surface area contributed by atoms with Crippen LogP contribution in [0.3, 0.4) is 0 Å². The number of carbonyl (C=O) groups excluding carboxylic acids is 1. The summed E-state index contributed by atoms with van der Waals surface area (Å²) in [6, 6.07) is 0. The summed E-state index contributed by atoms with van der Waals surface area (Å²) in [5, 5.41) is 9.12. The smallest absolute Gasteiger partial charge is 0.220 e. The number of amides is 1. The fourth-order valence-electron chi connectivity index (χ4n) is 1.81. The molecule has 4 nitrogen and oxygen atoms in total. The van der Waals surface area contributed by atoms with Gasteiger partial charge in [-0.1, -0.05) is 0 Å². The maximum absolute atomic E-state index is 10.9. The highest BCUT2D eigenvalue weighted by Crippen LogP contribution is 2.16. The van der Waals surface area contributed by atoms with Gasteiger partial charge in [0.05, 0.1) is 6.10 Å². The molecule has 1 amide bonds. The average molecular weight is 200 g/mol. The monoisotopic (exact) mass is 200 g/mol. The number of nitrogens with zero attached hydrogens (tertiary/aromatic N) is 1. The van der Waals surface area contributed by atoms with Gasteiger partial charge in [0.1, 0.15) is 0 Å². The molecule has 0 radical (unpaired) electrons. The number of primary amides is 1. The molecule has 0 spiro atoms. The van der Waals surface area contributed by atoms with Crippen molar-refractivity contribution < 1.29 is 9.90 Å². The van der Waals surface area contributed by atoms with Crippen LogP contribution in [0, 0.1) is 5.92 Å². The quantitative estimate of drug-likeness (QED) is 0.669. The molecule has 0 aromatic heterocycles. The van der Waals surface area contributed by atoms with Gasteiger partial charge in [-0.2, -0.15) is 0 Å². The third-order valence-electron chi connectivity index (χ3n) is 2.85. The van der Waals surface area contributed by atoms with Crippen LogP contribution in [0.2, 0.25) is 0 Å². The van der Waals surface area contributed by atoms with Crippen LogP contribution in [-0.2, 0) is 4.79 Å². The first-order chi connectivity index (χ1) is 6.59. The van der Waals surface area contributed by atoms with Crippen molar-refractivity contribution in [2.45, 2.75) is 32.3 Å². The largest absolute Gasteiger partial charge is 0.393 e. The molecule has 1 aliphatic heterocycles.